The summed E-state index contributed by atoms with van der Waals surface area (Å²) in [4.78, 5) is 6.79. The first kappa shape index (κ1) is 22.5. The van der Waals surface area contributed by atoms with Crippen molar-refractivity contribution in [1.82, 2.24) is 9.36 Å². The largest absolute Gasteiger partial charge is 1.00 e. The predicted octanol–water partition coefficient (Wildman–Crippen LogP) is 2.44. The van der Waals surface area contributed by atoms with Crippen LogP contribution in [0.3, 0.4) is 0 Å². The zero-order valence-electron chi connectivity index (χ0n) is 17.2. The molecular formula is C23H23ClN6S. The fraction of sp³-hybridized carbons (Fsp3) is 0.174. The second-order valence-electron chi connectivity index (χ2n) is 6.68. The Bertz CT molecular complexity index is 1080. The summed E-state index contributed by atoms with van der Waals surface area (Å²) >= 11 is 1.25. The van der Waals surface area contributed by atoms with Crippen LogP contribution in [-0.4, -0.2) is 22.4 Å². The standard InChI is InChI=1S/C23H23N6S.ClH/c1-2-29(18-17-28-15-7-4-8-16-28)21-13-11-20(12-14-21)25-26-23-24-22(27-30-23)19-9-5-3-6-10-19;/h3-16H,2,17-18H2,1H3;1H/q+1;/p-1. The molecule has 4 aromatic rings. The Hall–Kier alpha value is -3.16. The number of hydrogen-bond donors (Lipinski definition) is 0. The second kappa shape index (κ2) is 11.3. The summed E-state index contributed by atoms with van der Waals surface area (Å²) < 4.78 is 6.55. The smallest absolute Gasteiger partial charge is 0.249 e. The van der Waals surface area contributed by atoms with Crippen molar-refractivity contribution in [3.63, 3.8) is 0 Å². The van der Waals surface area contributed by atoms with E-state index >= 15 is 0 Å². The van der Waals surface area contributed by atoms with Crippen LogP contribution in [0.2, 0.25) is 0 Å². The monoisotopic (exact) mass is 450 g/mol. The molecule has 0 spiro atoms. The number of aromatic nitrogens is 3. The molecule has 2 aromatic carbocycles. The van der Waals surface area contributed by atoms with Crippen LogP contribution in [0.4, 0.5) is 16.5 Å². The molecule has 0 atom stereocenters. The molecule has 0 aliphatic carbocycles. The molecule has 0 amide bonds. The average Bonchev–Trinajstić information content (AvgIpc) is 3.29. The number of pyridine rings is 1. The predicted molar refractivity (Wildman–Crippen MR) is 120 cm³/mol. The lowest BCUT2D eigenvalue weighted by atomic mass is 10.2. The van der Waals surface area contributed by atoms with E-state index < -0.39 is 0 Å². The molecule has 0 aliphatic heterocycles. The van der Waals surface area contributed by atoms with Gasteiger partial charge in [-0.2, -0.15) is 9.36 Å². The molecule has 0 unspecified atom stereocenters. The number of azo groups is 1. The van der Waals surface area contributed by atoms with E-state index in [0.29, 0.717) is 11.0 Å². The highest BCUT2D eigenvalue weighted by Crippen LogP contribution is 2.25. The van der Waals surface area contributed by atoms with E-state index in [9.17, 15) is 0 Å². The third-order valence-corrected chi connectivity index (χ3v) is 5.30. The van der Waals surface area contributed by atoms with E-state index in [1.807, 2.05) is 48.5 Å². The van der Waals surface area contributed by atoms with Crippen molar-refractivity contribution >= 4 is 28.0 Å². The summed E-state index contributed by atoms with van der Waals surface area (Å²) in [5, 5.41) is 9.11. The van der Waals surface area contributed by atoms with Gasteiger partial charge in [-0.1, -0.05) is 36.4 Å². The van der Waals surface area contributed by atoms with Gasteiger partial charge in [-0.05, 0) is 31.2 Å². The number of hydrogen-bond acceptors (Lipinski definition) is 6. The molecule has 158 valence electrons. The van der Waals surface area contributed by atoms with Gasteiger partial charge in [0.15, 0.2) is 24.8 Å². The van der Waals surface area contributed by atoms with Gasteiger partial charge < -0.3 is 17.3 Å². The highest BCUT2D eigenvalue weighted by molar-refractivity contribution is 7.09. The minimum atomic E-state index is 0. The van der Waals surface area contributed by atoms with Crippen LogP contribution in [-0.2, 0) is 6.54 Å². The van der Waals surface area contributed by atoms with Gasteiger partial charge >= 0.3 is 0 Å². The van der Waals surface area contributed by atoms with Crippen molar-refractivity contribution in [2.45, 2.75) is 13.5 Å². The maximum atomic E-state index is 4.44. The second-order valence-corrected chi connectivity index (χ2v) is 7.41. The fourth-order valence-electron chi connectivity index (χ4n) is 3.08. The lowest BCUT2D eigenvalue weighted by Gasteiger charge is -2.21. The topological polar surface area (TPSA) is 57.6 Å². The van der Waals surface area contributed by atoms with Crippen LogP contribution in [0.5, 0.6) is 0 Å². The minimum Gasteiger partial charge on any atom is -1.00 e. The number of anilines is 1. The first-order valence-corrected chi connectivity index (χ1v) is 10.7. The van der Waals surface area contributed by atoms with E-state index in [1.165, 1.54) is 17.2 Å². The van der Waals surface area contributed by atoms with Gasteiger partial charge in [0, 0.05) is 41.5 Å². The summed E-state index contributed by atoms with van der Waals surface area (Å²) in [5.41, 5.74) is 2.95. The average molecular weight is 451 g/mol. The van der Waals surface area contributed by atoms with Gasteiger partial charge in [0.25, 0.3) is 0 Å². The lowest BCUT2D eigenvalue weighted by molar-refractivity contribution is -0.694. The highest BCUT2D eigenvalue weighted by atomic mass is 35.5. The van der Waals surface area contributed by atoms with Gasteiger partial charge in [-0.25, -0.2) is 4.57 Å². The first-order chi connectivity index (χ1) is 14.8. The first-order valence-electron chi connectivity index (χ1n) is 9.92. The molecule has 0 radical (unpaired) electrons. The molecule has 6 nitrogen and oxygen atoms in total. The van der Waals surface area contributed by atoms with E-state index in [1.54, 1.807) is 0 Å². The molecule has 0 aliphatic rings. The maximum absolute atomic E-state index is 4.44. The van der Waals surface area contributed by atoms with Crippen molar-refractivity contribution in [3.05, 3.63) is 85.2 Å². The molecule has 0 bridgehead atoms. The van der Waals surface area contributed by atoms with Crippen LogP contribution in [0, 0.1) is 0 Å². The molecule has 4 rings (SSSR count). The van der Waals surface area contributed by atoms with E-state index in [0.717, 1.165) is 30.9 Å². The molecule has 0 fully saturated rings. The Morgan fingerprint density at radius 3 is 2.32 bits per heavy atom. The molecule has 0 saturated carbocycles. The zero-order chi connectivity index (χ0) is 20.6. The van der Waals surface area contributed by atoms with Crippen molar-refractivity contribution in [2.75, 3.05) is 18.0 Å². The number of benzene rings is 2. The van der Waals surface area contributed by atoms with E-state index in [-0.39, 0.29) is 12.4 Å². The van der Waals surface area contributed by atoms with Crippen LogP contribution in [0.15, 0.2) is 95.4 Å². The third-order valence-electron chi connectivity index (χ3n) is 4.70. The van der Waals surface area contributed by atoms with Crippen molar-refractivity contribution in [1.29, 1.82) is 0 Å². The Kier molecular flexibility index (Phi) is 8.20. The summed E-state index contributed by atoms with van der Waals surface area (Å²) in [6.07, 6.45) is 4.18. The van der Waals surface area contributed by atoms with Gasteiger partial charge in [0.2, 0.25) is 5.13 Å². The van der Waals surface area contributed by atoms with Crippen molar-refractivity contribution in [2.24, 2.45) is 10.2 Å². The van der Waals surface area contributed by atoms with Gasteiger partial charge in [-0.3, -0.25) is 0 Å². The molecule has 2 aromatic heterocycles. The minimum absolute atomic E-state index is 0. The zero-order valence-corrected chi connectivity index (χ0v) is 18.7. The van der Waals surface area contributed by atoms with Crippen molar-refractivity contribution in [3.8, 4) is 11.4 Å². The lowest BCUT2D eigenvalue weighted by Crippen LogP contribution is -3.00. The van der Waals surface area contributed by atoms with Gasteiger partial charge in [0.1, 0.15) is 0 Å². The normalized spacial score (nSPS) is 10.7. The quantitative estimate of drug-likeness (QED) is 0.306. The molecule has 31 heavy (non-hydrogen) atoms. The van der Waals surface area contributed by atoms with Gasteiger partial charge in [-0.15, -0.1) is 10.2 Å². The Labute approximate surface area is 192 Å². The number of rotatable bonds is 8. The van der Waals surface area contributed by atoms with Crippen LogP contribution in [0.1, 0.15) is 6.92 Å². The summed E-state index contributed by atoms with van der Waals surface area (Å²) in [6, 6.07) is 24.2. The van der Waals surface area contributed by atoms with Crippen LogP contribution in [0.25, 0.3) is 11.4 Å². The van der Waals surface area contributed by atoms with Crippen LogP contribution < -0.4 is 21.9 Å². The number of likely N-dealkylation sites (N-methyl/N-ethyl adjacent to an activating group) is 1. The Balaban J connectivity index is 0.00000272. The van der Waals surface area contributed by atoms with Gasteiger partial charge in [0.05, 0.1) is 12.2 Å². The Morgan fingerprint density at radius 1 is 0.903 bits per heavy atom. The van der Waals surface area contributed by atoms with Crippen molar-refractivity contribution < 1.29 is 17.0 Å². The number of halogens is 1. The molecule has 0 saturated heterocycles. The summed E-state index contributed by atoms with van der Waals surface area (Å²) in [5.74, 6) is 0.680. The molecular weight excluding hydrogens is 428 g/mol. The summed E-state index contributed by atoms with van der Waals surface area (Å²) in [7, 11) is 0. The van der Waals surface area contributed by atoms with E-state index in [4.69, 9.17) is 0 Å². The Morgan fingerprint density at radius 2 is 1.61 bits per heavy atom. The molecule has 0 N–H and O–H groups in total. The molecule has 8 heteroatoms. The highest BCUT2D eigenvalue weighted by Gasteiger charge is 2.08. The summed E-state index contributed by atoms with van der Waals surface area (Å²) in [6.45, 7) is 5.00. The number of nitrogens with zero attached hydrogens (tertiary/aromatic N) is 6. The van der Waals surface area contributed by atoms with E-state index in [2.05, 4.69) is 72.6 Å². The molecule has 2 heterocycles. The third kappa shape index (κ3) is 6.16. The fourth-order valence-corrected chi connectivity index (χ4v) is 3.60. The SMILES string of the molecule is CCN(CC[n+]1ccccc1)c1ccc(N=Nc2nc(-c3ccccc3)ns2)cc1.[Cl-]. The maximum Gasteiger partial charge on any atom is 0.249 e. The van der Waals surface area contributed by atoms with Crippen LogP contribution >= 0.6 is 11.5 Å².